The summed E-state index contributed by atoms with van der Waals surface area (Å²) < 4.78 is 5.86. The molecular weight excluding hydrogens is 266 g/mol. The van der Waals surface area contributed by atoms with Gasteiger partial charge in [-0.2, -0.15) is 10.1 Å². The summed E-state index contributed by atoms with van der Waals surface area (Å²) in [5.74, 6) is 2.09. The quantitative estimate of drug-likeness (QED) is 0.783. The first kappa shape index (κ1) is 12.4. The van der Waals surface area contributed by atoms with E-state index in [1.807, 2.05) is 31.2 Å². The lowest BCUT2D eigenvalue weighted by Gasteiger charge is -2.30. The van der Waals surface area contributed by atoms with Crippen LogP contribution in [0.3, 0.4) is 0 Å². The minimum atomic E-state index is 0.332. The number of hydrogen-bond acceptors (Lipinski definition) is 5. The highest BCUT2D eigenvalue weighted by atomic mass is 16.4. The average molecular weight is 283 g/mol. The van der Waals surface area contributed by atoms with E-state index in [0.29, 0.717) is 11.9 Å². The largest absolute Gasteiger partial charge is 0.423 e. The van der Waals surface area contributed by atoms with Crippen LogP contribution in [0.2, 0.25) is 0 Å². The van der Waals surface area contributed by atoms with Crippen molar-refractivity contribution in [3.05, 3.63) is 35.9 Å². The maximum absolute atomic E-state index is 5.86. The Morgan fingerprint density at radius 2 is 2.19 bits per heavy atom. The number of nitrogens with zero attached hydrogens (tertiary/aromatic N) is 4. The molecule has 1 aliphatic heterocycles. The fraction of sp³-hybridized carbons (Fsp3) is 0.400. The Morgan fingerprint density at radius 3 is 3.00 bits per heavy atom. The zero-order valence-corrected chi connectivity index (χ0v) is 11.9. The molecule has 1 fully saturated rings. The molecule has 0 saturated carbocycles. The van der Waals surface area contributed by atoms with Crippen LogP contribution >= 0.6 is 0 Å². The smallest absolute Gasteiger partial charge is 0.298 e. The number of oxazole rings is 1. The fourth-order valence-electron chi connectivity index (χ4n) is 2.90. The zero-order chi connectivity index (χ0) is 14.2. The van der Waals surface area contributed by atoms with Crippen LogP contribution in [-0.4, -0.2) is 33.3 Å². The van der Waals surface area contributed by atoms with Crippen LogP contribution in [0.1, 0.15) is 30.4 Å². The van der Waals surface area contributed by atoms with Gasteiger partial charge in [0.15, 0.2) is 11.4 Å². The summed E-state index contributed by atoms with van der Waals surface area (Å²) in [4.78, 5) is 11.2. The Hall–Kier alpha value is -2.37. The fourth-order valence-corrected chi connectivity index (χ4v) is 2.90. The summed E-state index contributed by atoms with van der Waals surface area (Å²) >= 11 is 0. The molecule has 1 aromatic carbocycles. The summed E-state index contributed by atoms with van der Waals surface area (Å²) in [6.07, 6.45) is 2.20. The lowest BCUT2D eigenvalue weighted by molar-refractivity contribution is 0.457. The molecule has 2 aromatic heterocycles. The summed E-state index contributed by atoms with van der Waals surface area (Å²) in [7, 11) is 0. The molecule has 6 heteroatoms. The van der Waals surface area contributed by atoms with Crippen molar-refractivity contribution in [3.63, 3.8) is 0 Å². The van der Waals surface area contributed by atoms with Gasteiger partial charge >= 0.3 is 0 Å². The topological polar surface area (TPSA) is 70.8 Å². The predicted molar refractivity (Wildman–Crippen MR) is 79.3 cm³/mol. The van der Waals surface area contributed by atoms with Crippen molar-refractivity contribution in [2.24, 2.45) is 0 Å². The zero-order valence-electron chi connectivity index (χ0n) is 11.9. The summed E-state index contributed by atoms with van der Waals surface area (Å²) in [5, 5.41) is 7.22. The maximum Gasteiger partial charge on any atom is 0.298 e. The molecule has 0 bridgehead atoms. The molecular formula is C15H17N5O. The van der Waals surface area contributed by atoms with E-state index in [-0.39, 0.29) is 0 Å². The number of nitrogens with one attached hydrogen (secondary N) is 1. The average Bonchev–Trinajstić information content (AvgIpc) is 3.13. The van der Waals surface area contributed by atoms with E-state index in [1.165, 1.54) is 0 Å². The van der Waals surface area contributed by atoms with Gasteiger partial charge in [-0.3, -0.25) is 5.10 Å². The van der Waals surface area contributed by atoms with Crippen LogP contribution in [0, 0.1) is 6.92 Å². The Balaban J connectivity index is 1.60. The van der Waals surface area contributed by atoms with Crippen LogP contribution in [0.25, 0.3) is 11.1 Å². The molecule has 0 spiro atoms. The molecule has 1 N–H and O–H groups in total. The van der Waals surface area contributed by atoms with Gasteiger partial charge in [-0.1, -0.05) is 12.1 Å². The molecule has 1 unspecified atom stereocenters. The Labute approximate surface area is 122 Å². The van der Waals surface area contributed by atoms with Crippen molar-refractivity contribution in [3.8, 4) is 0 Å². The molecule has 0 aliphatic carbocycles. The molecule has 3 aromatic rings. The second-order valence-electron chi connectivity index (χ2n) is 5.53. The standard InChI is InChI=1S/C15H17N5O/c1-10-16-14(19-18-10)11-5-4-8-20(9-11)15-17-12-6-2-3-7-13(12)21-15/h2-3,6-7,11H,4-5,8-9H2,1H3,(H,16,18,19). The van der Waals surface area contributed by atoms with E-state index in [1.54, 1.807) is 0 Å². The SMILES string of the molecule is Cc1nc(C2CCCN(c3nc4ccccc4o3)C2)n[nH]1. The van der Waals surface area contributed by atoms with Gasteiger partial charge < -0.3 is 9.32 Å². The highest BCUT2D eigenvalue weighted by Gasteiger charge is 2.26. The molecule has 4 rings (SSSR count). The van der Waals surface area contributed by atoms with E-state index >= 15 is 0 Å². The van der Waals surface area contributed by atoms with E-state index in [2.05, 4.69) is 25.1 Å². The number of fused-ring (bicyclic) bond motifs is 1. The molecule has 0 amide bonds. The molecule has 108 valence electrons. The molecule has 1 aliphatic rings. The Kier molecular flexibility index (Phi) is 2.87. The van der Waals surface area contributed by atoms with E-state index in [0.717, 1.165) is 48.7 Å². The van der Waals surface area contributed by atoms with Crippen LogP contribution in [0.4, 0.5) is 6.01 Å². The second-order valence-corrected chi connectivity index (χ2v) is 5.53. The van der Waals surface area contributed by atoms with Gasteiger partial charge in [-0.05, 0) is 31.9 Å². The first-order valence-electron chi connectivity index (χ1n) is 7.29. The van der Waals surface area contributed by atoms with Crippen molar-refractivity contribution in [2.45, 2.75) is 25.7 Å². The number of aromatic nitrogens is 4. The van der Waals surface area contributed by atoms with Crippen LogP contribution in [0.15, 0.2) is 28.7 Å². The molecule has 6 nitrogen and oxygen atoms in total. The molecule has 21 heavy (non-hydrogen) atoms. The number of H-pyrrole nitrogens is 1. The molecule has 0 radical (unpaired) electrons. The number of aryl methyl sites for hydroxylation is 1. The third kappa shape index (κ3) is 2.26. The third-order valence-corrected chi connectivity index (χ3v) is 3.95. The highest BCUT2D eigenvalue weighted by molar-refractivity contribution is 5.74. The number of para-hydroxylation sites is 2. The Morgan fingerprint density at radius 1 is 1.29 bits per heavy atom. The lowest BCUT2D eigenvalue weighted by atomic mass is 9.98. The van der Waals surface area contributed by atoms with Gasteiger partial charge in [0.05, 0.1) is 0 Å². The normalized spacial score (nSPS) is 19.3. The van der Waals surface area contributed by atoms with Gasteiger partial charge in [0.1, 0.15) is 11.3 Å². The van der Waals surface area contributed by atoms with Gasteiger partial charge in [0.2, 0.25) is 0 Å². The minimum Gasteiger partial charge on any atom is -0.423 e. The van der Waals surface area contributed by atoms with E-state index in [4.69, 9.17) is 4.42 Å². The van der Waals surface area contributed by atoms with Gasteiger partial charge in [-0.15, -0.1) is 0 Å². The summed E-state index contributed by atoms with van der Waals surface area (Å²) in [5.41, 5.74) is 1.74. The number of piperidine rings is 1. The van der Waals surface area contributed by atoms with Crippen molar-refractivity contribution in [2.75, 3.05) is 18.0 Å². The minimum absolute atomic E-state index is 0.332. The van der Waals surface area contributed by atoms with Crippen molar-refractivity contribution >= 4 is 17.1 Å². The van der Waals surface area contributed by atoms with Gasteiger partial charge in [0.25, 0.3) is 6.01 Å². The van der Waals surface area contributed by atoms with Crippen LogP contribution < -0.4 is 4.90 Å². The van der Waals surface area contributed by atoms with Gasteiger partial charge in [-0.25, -0.2) is 4.98 Å². The number of hydrogen-bond donors (Lipinski definition) is 1. The van der Waals surface area contributed by atoms with Crippen molar-refractivity contribution < 1.29 is 4.42 Å². The first-order valence-corrected chi connectivity index (χ1v) is 7.29. The monoisotopic (exact) mass is 283 g/mol. The first-order chi connectivity index (χ1) is 10.3. The highest BCUT2D eigenvalue weighted by Crippen LogP contribution is 2.29. The van der Waals surface area contributed by atoms with Crippen molar-refractivity contribution in [1.82, 2.24) is 20.2 Å². The number of anilines is 1. The molecule has 3 heterocycles. The lowest BCUT2D eigenvalue weighted by Crippen LogP contribution is -2.35. The van der Waals surface area contributed by atoms with E-state index in [9.17, 15) is 0 Å². The maximum atomic E-state index is 5.86. The van der Waals surface area contributed by atoms with Crippen LogP contribution in [-0.2, 0) is 0 Å². The van der Waals surface area contributed by atoms with Crippen molar-refractivity contribution in [1.29, 1.82) is 0 Å². The Bertz CT molecular complexity index is 729. The second kappa shape index (κ2) is 4.87. The molecule has 1 saturated heterocycles. The summed E-state index contributed by atoms with van der Waals surface area (Å²) in [6.45, 7) is 3.74. The van der Waals surface area contributed by atoms with Crippen LogP contribution in [0.5, 0.6) is 0 Å². The predicted octanol–water partition coefficient (Wildman–Crippen LogP) is 2.64. The number of aromatic amines is 1. The third-order valence-electron chi connectivity index (χ3n) is 3.95. The number of benzene rings is 1. The summed E-state index contributed by atoms with van der Waals surface area (Å²) in [6, 6.07) is 8.57. The number of rotatable bonds is 2. The molecule has 1 atom stereocenters. The van der Waals surface area contributed by atoms with E-state index < -0.39 is 0 Å². The van der Waals surface area contributed by atoms with Gasteiger partial charge in [0, 0.05) is 19.0 Å².